The fourth-order valence-corrected chi connectivity index (χ4v) is 5.46. The number of aldehydes is 1. The minimum Gasteiger partial charge on any atom is -0.369 e. The highest BCUT2D eigenvalue weighted by atomic mass is 16.2. The summed E-state index contributed by atoms with van der Waals surface area (Å²) in [4.78, 5) is 25.6. The van der Waals surface area contributed by atoms with Gasteiger partial charge in [0, 0.05) is 22.2 Å². The molecule has 0 radical (unpaired) electrons. The Morgan fingerprint density at radius 1 is 0.971 bits per heavy atom. The number of rotatable bonds is 7. The van der Waals surface area contributed by atoms with Crippen LogP contribution in [0.3, 0.4) is 0 Å². The van der Waals surface area contributed by atoms with E-state index in [1.165, 1.54) is 0 Å². The SMILES string of the molecule is C/C(=N/N=C(N)N)c1cc(NC(=O)C23CCCC(C2)C[C@](C)(C=O)C3)cc(/C(C)=N\N=C(N)N)c1. The molecule has 3 rings (SSSR count). The number of amides is 1. The van der Waals surface area contributed by atoms with Gasteiger partial charge in [-0.05, 0) is 63.6 Å². The molecular weight excluding hydrogens is 446 g/mol. The first-order valence-corrected chi connectivity index (χ1v) is 11.7. The number of guanidine groups is 2. The average molecular weight is 482 g/mol. The molecule has 0 saturated heterocycles. The molecule has 0 spiro atoms. The highest BCUT2D eigenvalue weighted by Gasteiger charge is 2.52. The molecule has 0 heterocycles. The van der Waals surface area contributed by atoms with Crippen molar-refractivity contribution in [3.63, 3.8) is 0 Å². The van der Waals surface area contributed by atoms with E-state index < -0.39 is 10.8 Å². The van der Waals surface area contributed by atoms with Crippen LogP contribution in [0.2, 0.25) is 0 Å². The third kappa shape index (κ3) is 6.23. The molecule has 2 saturated carbocycles. The van der Waals surface area contributed by atoms with E-state index in [4.69, 9.17) is 22.9 Å². The molecule has 35 heavy (non-hydrogen) atoms. The third-order valence-corrected chi connectivity index (χ3v) is 6.87. The average Bonchev–Trinajstić information content (AvgIpc) is 2.80. The lowest BCUT2D eigenvalue weighted by Gasteiger charge is -2.49. The molecule has 2 aliphatic carbocycles. The number of hydrogen-bond acceptors (Lipinski definition) is 6. The highest BCUT2D eigenvalue weighted by molar-refractivity contribution is 6.06. The van der Waals surface area contributed by atoms with Crippen LogP contribution in [0.4, 0.5) is 5.69 Å². The number of fused-ring (bicyclic) bond motifs is 2. The third-order valence-electron chi connectivity index (χ3n) is 6.87. The number of carbonyl (C=O) groups is 2. The molecule has 0 aliphatic heterocycles. The van der Waals surface area contributed by atoms with Crippen LogP contribution < -0.4 is 28.3 Å². The molecule has 2 bridgehead atoms. The first-order valence-electron chi connectivity index (χ1n) is 11.7. The number of hydrogen-bond donors (Lipinski definition) is 5. The van der Waals surface area contributed by atoms with Gasteiger partial charge in [0.15, 0.2) is 0 Å². The van der Waals surface area contributed by atoms with E-state index >= 15 is 0 Å². The predicted octanol–water partition coefficient (Wildman–Crippen LogP) is 1.80. The molecule has 188 valence electrons. The van der Waals surface area contributed by atoms with E-state index in [0.29, 0.717) is 40.6 Å². The smallest absolute Gasteiger partial charge is 0.230 e. The molecule has 1 amide bonds. The van der Waals surface area contributed by atoms with Crippen molar-refractivity contribution in [1.82, 2.24) is 0 Å². The second-order valence-electron chi connectivity index (χ2n) is 10.1. The van der Waals surface area contributed by atoms with Crippen molar-refractivity contribution < 1.29 is 9.59 Å². The zero-order valence-corrected chi connectivity index (χ0v) is 20.5. The monoisotopic (exact) mass is 481 g/mol. The van der Waals surface area contributed by atoms with Gasteiger partial charge >= 0.3 is 0 Å². The Balaban J connectivity index is 1.99. The lowest BCUT2D eigenvalue weighted by molar-refractivity contribution is -0.138. The largest absolute Gasteiger partial charge is 0.369 e. The summed E-state index contributed by atoms with van der Waals surface area (Å²) in [7, 11) is 0. The number of nitrogens with two attached hydrogens (primary N) is 4. The lowest BCUT2D eigenvalue weighted by atomic mass is 9.54. The second kappa shape index (κ2) is 10.2. The molecule has 0 aromatic heterocycles. The molecule has 1 aromatic carbocycles. The van der Waals surface area contributed by atoms with Gasteiger partial charge in [-0.3, -0.25) is 4.79 Å². The van der Waals surface area contributed by atoms with Gasteiger partial charge in [0.25, 0.3) is 0 Å². The van der Waals surface area contributed by atoms with Crippen LogP contribution in [0.15, 0.2) is 38.6 Å². The zero-order chi connectivity index (χ0) is 25.8. The molecule has 1 aromatic rings. The molecule has 2 aliphatic rings. The molecular formula is C24H35N9O2. The van der Waals surface area contributed by atoms with Gasteiger partial charge < -0.3 is 33.0 Å². The Morgan fingerprint density at radius 3 is 2.06 bits per heavy atom. The maximum Gasteiger partial charge on any atom is 0.230 e. The first kappa shape index (κ1) is 25.9. The number of nitrogens with one attached hydrogen (secondary N) is 1. The van der Waals surface area contributed by atoms with E-state index in [1.807, 2.05) is 13.0 Å². The summed E-state index contributed by atoms with van der Waals surface area (Å²) in [5, 5.41) is 18.6. The Hall–Kier alpha value is -3.76. The van der Waals surface area contributed by atoms with Gasteiger partial charge in [0.05, 0.1) is 16.8 Å². The Kier molecular flexibility index (Phi) is 7.57. The van der Waals surface area contributed by atoms with Crippen molar-refractivity contribution >= 4 is 41.2 Å². The van der Waals surface area contributed by atoms with Crippen LogP contribution in [-0.4, -0.2) is 35.5 Å². The molecule has 11 nitrogen and oxygen atoms in total. The molecule has 9 N–H and O–H groups in total. The van der Waals surface area contributed by atoms with Gasteiger partial charge in [-0.2, -0.15) is 10.2 Å². The molecule has 11 heteroatoms. The van der Waals surface area contributed by atoms with Gasteiger partial charge in [-0.25, -0.2) is 0 Å². The summed E-state index contributed by atoms with van der Waals surface area (Å²) in [5.41, 5.74) is 23.6. The molecule has 2 unspecified atom stereocenters. The quantitative estimate of drug-likeness (QED) is 0.170. The number of anilines is 1. The normalized spacial score (nSPS) is 26.4. The van der Waals surface area contributed by atoms with Crippen LogP contribution in [0.25, 0.3) is 0 Å². The van der Waals surface area contributed by atoms with Gasteiger partial charge in [0.1, 0.15) is 6.29 Å². The first-order chi connectivity index (χ1) is 16.4. The Morgan fingerprint density at radius 2 is 1.54 bits per heavy atom. The standard InChI is InChI=1S/C24H35N9O2/c1-14(30-32-21(25)26)17-7-18(15(2)31-33-22(27)28)9-19(8-17)29-20(35)24-6-4-5-16(11-24)10-23(3,12-24)13-34/h7-9,13,16H,4-6,10-12H2,1-3H3,(H,29,35)(H4,25,26,32)(H4,27,28,33)/b30-14-,31-15-/t16?,23-,24?/m0/s1. The van der Waals surface area contributed by atoms with Gasteiger partial charge in [0.2, 0.25) is 17.8 Å². The number of nitrogens with zero attached hydrogens (tertiary/aromatic N) is 4. The fraction of sp³-hybridized carbons (Fsp3) is 0.500. The fourth-order valence-electron chi connectivity index (χ4n) is 5.46. The van der Waals surface area contributed by atoms with E-state index in [0.717, 1.165) is 38.4 Å². The van der Waals surface area contributed by atoms with Gasteiger partial charge in [-0.1, -0.05) is 19.8 Å². The van der Waals surface area contributed by atoms with Crippen molar-refractivity contribution in [2.45, 2.75) is 59.3 Å². The van der Waals surface area contributed by atoms with Crippen LogP contribution in [0.1, 0.15) is 70.4 Å². The van der Waals surface area contributed by atoms with Gasteiger partial charge in [-0.15, -0.1) is 10.2 Å². The lowest BCUT2D eigenvalue weighted by Crippen LogP contribution is -2.49. The van der Waals surface area contributed by atoms with Crippen molar-refractivity contribution in [1.29, 1.82) is 0 Å². The maximum absolute atomic E-state index is 13.7. The summed E-state index contributed by atoms with van der Waals surface area (Å²) >= 11 is 0. The minimum atomic E-state index is -0.574. The van der Waals surface area contributed by atoms with Crippen LogP contribution in [0, 0.1) is 16.7 Å². The van der Waals surface area contributed by atoms with Crippen molar-refractivity contribution in [2.24, 2.45) is 60.1 Å². The Bertz CT molecular complexity index is 1060. The summed E-state index contributed by atoms with van der Waals surface area (Å²) in [6.07, 6.45) is 6.01. The topological polar surface area (TPSA) is 200 Å². The van der Waals surface area contributed by atoms with E-state index in [1.54, 1.807) is 26.0 Å². The van der Waals surface area contributed by atoms with Crippen LogP contribution in [-0.2, 0) is 9.59 Å². The number of benzene rings is 1. The Labute approximate surface area is 205 Å². The van der Waals surface area contributed by atoms with E-state index in [2.05, 4.69) is 25.7 Å². The van der Waals surface area contributed by atoms with Crippen LogP contribution in [0.5, 0.6) is 0 Å². The maximum atomic E-state index is 13.7. The second-order valence-corrected chi connectivity index (χ2v) is 10.1. The van der Waals surface area contributed by atoms with Crippen LogP contribution >= 0.6 is 0 Å². The minimum absolute atomic E-state index is 0.0734. The van der Waals surface area contributed by atoms with Crippen molar-refractivity contribution in [3.05, 3.63) is 29.3 Å². The van der Waals surface area contributed by atoms with Crippen molar-refractivity contribution in [2.75, 3.05) is 5.32 Å². The molecule has 3 atom stereocenters. The summed E-state index contributed by atoms with van der Waals surface area (Å²) in [6.45, 7) is 5.46. The zero-order valence-electron chi connectivity index (χ0n) is 20.5. The van der Waals surface area contributed by atoms with Crippen molar-refractivity contribution in [3.8, 4) is 0 Å². The summed E-state index contributed by atoms with van der Waals surface area (Å²) in [5.74, 6) is -0.0269. The highest BCUT2D eigenvalue weighted by Crippen LogP contribution is 2.55. The summed E-state index contributed by atoms with van der Waals surface area (Å²) in [6, 6.07) is 5.43. The van der Waals surface area contributed by atoms with E-state index in [-0.39, 0.29) is 17.8 Å². The number of carbonyl (C=O) groups excluding carboxylic acids is 2. The van der Waals surface area contributed by atoms with E-state index in [9.17, 15) is 9.59 Å². The summed E-state index contributed by atoms with van der Waals surface area (Å²) < 4.78 is 0. The molecule has 2 fully saturated rings. The predicted molar refractivity (Wildman–Crippen MR) is 139 cm³/mol.